The Hall–Kier alpha value is -3.26. The summed E-state index contributed by atoms with van der Waals surface area (Å²) in [4.78, 5) is 19.7. The summed E-state index contributed by atoms with van der Waals surface area (Å²) in [6, 6.07) is 15.5. The molecule has 0 atom stereocenters. The van der Waals surface area contributed by atoms with Crippen LogP contribution < -0.4 is 24.4 Å². The molecule has 7 nitrogen and oxygen atoms in total. The molecular formula is C25H26BrN3O4. The molecule has 1 N–H and O–H groups in total. The van der Waals surface area contributed by atoms with E-state index in [0.717, 1.165) is 45.5 Å². The number of hydrogen-bond acceptors (Lipinski definition) is 5. The van der Waals surface area contributed by atoms with Crippen molar-refractivity contribution in [2.24, 2.45) is 0 Å². The summed E-state index contributed by atoms with van der Waals surface area (Å²) in [7, 11) is 4.70. The number of rotatable bonds is 6. The lowest BCUT2D eigenvalue weighted by Gasteiger charge is -2.29. The highest BCUT2D eigenvalue weighted by molar-refractivity contribution is 9.10. The van der Waals surface area contributed by atoms with Crippen LogP contribution in [0.2, 0.25) is 0 Å². The standard InChI is InChI=1S/C25H26BrN3O4/c1-31-22-13-16(14-23(32-2)24(22)33-3)15-27-25(30)29-12-4-5-20-21(29)11-10-19(28-20)17-6-8-18(26)9-7-17/h6-11,13-14H,4-5,12,15H2,1-3H3,(H,27,30). The number of urea groups is 1. The van der Waals surface area contributed by atoms with Crippen LogP contribution in [0.15, 0.2) is 53.0 Å². The van der Waals surface area contributed by atoms with Gasteiger partial charge in [0.2, 0.25) is 5.75 Å². The monoisotopic (exact) mass is 511 g/mol. The first-order chi connectivity index (χ1) is 16.0. The number of methoxy groups -OCH3 is 3. The van der Waals surface area contributed by atoms with E-state index >= 15 is 0 Å². The van der Waals surface area contributed by atoms with Crippen LogP contribution in [0.1, 0.15) is 17.7 Å². The van der Waals surface area contributed by atoms with Gasteiger partial charge in [0, 0.05) is 23.1 Å². The summed E-state index contributed by atoms with van der Waals surface area (Å²) < 4.78 is 17.2. The summed E-state index contributed by atoms with van der Waals surface area (Å²) in [5, 5.41) is 3.00. The molecule has 0 unspecified atom stereocenters. The van der Waals surface area contributed by atoms with Crippen LogP contribution >= 0.6 is 15.9 Å². The summed E-state index contributed by atoms with van der Waals surface area (Å²) in [6.07, 6.45) is 1.71. The lowest BCUT2D eigenvalue weighted by Crippen LogP contribution is -2.42. The summed E-state index contributed by atoms with van der Waals surface area (Å²) >= 11 is 3.46. The third kappa shape index (κ3) is 4.90. The molecule has 1 aliphatic heterocycles. The van der Waals surface area contributed by atoms with E-state index in [1.54, 1.807) is 26.2 Å². The number of hydrogen-bond donors (Lipinski definition) is 1. The molecule has 1 aliphatic rings. The van der Waals surface area contributed by atoms with Gasteiger partial charge in [0.05, 0.1) is 38.4 Å². The minimum absolute atomic E-state index is 0.164. The lowest BCUT2D eigenvalue weighted by atomic mass is 10.0. The van der Waals surface area contributed by atoms with Gasteiger partial charge >= 0.3 is 6.03 Å². The van der Waals surface area contributed by atoms with Crippen molar-refractivity contribution in [3.05, 3.63) is 64.3 Å². The average Bonchev–Trinajstić information content (AvgIpc) is 2.86. The number of aryl methyl sites for hydroxylation is 1. The minimum Gasteiger partial charge on any atom is -0.493 e. The zero-order valence-electron chi connectivity index (χ0n) is 18.9. The van der Waals surface area contributed by atoms with Gasteiger partial charge in [-0.2, -0.15) is 0 Å². The number of fused-ring (bicyclic) bond motifs is 1. The molecular weight excluding hydrogens is 486 g/mol. The van der Waals surface area contributed by atoms with Gasteiger partial charge < -0.3 is 19.5 Å². The van der Waals surface area contributed by atoms with Gasteiger partial charge in [-0.15, -0.1) is 0 Å². The molecule has 172 valence electrons. The van der Waals surface area contributed by atoms with Crippen LogP contribution in [0.3, 0.4) is 0 Å². The maximum Gasteiger partial charge on any atom is 0.322 e. The number of halogens is 1. The predicted octanol–water partition coefficient (Wildman–Crippen LogP) is 5.20. The second kappa shape index (κ2) is 10.1. The van der Waals surface area contributed by atoms with Crippen LogP contribution in [0.4, 0.5) is 10.5 Å². The molecule has 0 radical (unpaired) electrons. The molecule has 0 saturated carbocycles. The van der Waals surface area contributed by atoms with Crippen molar-refractivity contribution < 1.29 is 19.0 Å². The Balaban J connectivity index is 1.51. The number of carbonyl (C=O) groups excluding carboxylic acids is 1. The van der Waals surface area contributed by atoms with Crippen LogP contribution in [0.5, 0.6) is 17.2 Å². The molecule has 0 spiro atoms. The van der Waals surface area contributed by atoms with E-state index in [1.807, 2.05) is 48.5 Å². The van der Waals surface area contributed by atoms with Crippen molar-refractivity contribution >= 4 is 27.6 Å². The normalized spacial score (nSPS) is 12.7. The van der Waals surface area contributed by atoms with Crippen LogP contribution in [0, 0.1) is 0 Å². The van der Waals surface area contributed by atoms with Gasteiger partial charge in [0.25, 0.3) is 0 Å². The van der Waals surface area contributed by atoms with Crippen molar-refractivity contribution in [1.82, 2.24) is 10.3 Å². The first-order valence-corrected chi connectivity index (χ1v) is 11.4. The van der Waals surface area contributed by atoms with E-state index < -0.39 is 0 Å². The largest absolute Gasteiger partial charge is 0.493 e. The van der Waals surface area contributed by atoms with Crippen molar-refractivity contribution in [1.29, 1.82) is 0 Å². The fourth-order valence-corrected chi connectivity index (χ4v) is 4.22. The first kappa shape index (κ1) is 22.9. The van der Waals surface area contributed by atoms with Crippen LogP contribution in [0.25, 0.3) is 11.3 Å². The molecule has 2 aromatic carbocycles. The molecule has 2 heterocycles. The molecule has 33 heavy (non-hydrogen) atoms. The van der Waals surface area contributed by atoms with Gasteiger partial charge in [0.1, 0.15) is 0 Å². The Labute approximate surface area is 201 Å². The summed E-state index contributed by atoms with van der Waals surface area (Å²) in [5.41, 5.74) is 4.58. The van der Waals surface area contributed by atoms with Crippen LogP contribution in [-0.2, 0) is 13.0 Å². The van der Waals surface area contributed by atoms with Gasteiger partial charge in [-0.1, -0.05) is 28.1 Å². The molecule has 1 aromatic heterocycles. The van der Waals surface area contributed by atoms with Crippen molar-refractivity contribution in [3.8, 4) is 28.5 Å². The molecule has 8 heteroatoms. The molecule has 2 amide bonds. The Morgan fingerprint density at radius 2 is 1.73 bits per heavy atom. The van der Waals surface area contributed by atoms with Gasteiger partial charge in [-0.05, 0) is 54.8 Å². The number of carbonyl (C=O) groups is 1. The minimum atomic E-state index is -0.164. The van der Waals surface area contributed by atoms with E-state index in [9.17, 15) is 4.79 Å². The molecule has 0 fully saturated rings. The highest BCUT2D eigenvalue weighted by Gasteiger charge is 2.24. The van der Waals surface area contributed by atoms with E-state index in [0.29, 0.717) is 30.3 Å². The Morgan fingerprint density at radius 3 is 2.36 bits per heavy atom. The second-order valence-corrected chi connectivity index (χ2v) is 8.53. The summed E-state index contributed by atoms with van der Waals surface area (Å²) in [5.74, 6) is 1.62. The Morgan fingerprint density at radius 1 is 1.03 bits per heavy atom. The van der Waals surface area contributed by atoms with E-state index in [2.05, 4.69) is 21.2 Å². The fraction of sp³-hybridized carbons (Fsp3) is 0.280. The Kier molecular flexibility index (Phi) is 7.03. The maximum absolute atomic E-state index is 13.1. The van der Waals surface area contributed by atoms with E-state index in [4.69, 9.17) is 19.2 Å². The van der Waals surface area contributed by atoms with Crippen molar-refractivity contribution in [2.75, 3.05) is 32.8 Å². The molecule has 0 saturated heterocycles. The van der Waals surface area contributed by atoms with Crippen LogP contribution in [-0.4, -0.2) is 38.9 Å². The van der Waals surface area contributed by atoms with Gasteiger partial charge in [-0.25, -0.2) is 4.79 Å². The number of pyridine rings is 1. The van der Waals surface area contributed by atoms with Crippen molar-refractivity contribution in [2.45, 2.75) is 19.4 Å². The van der Waals surface area contributed by atoms with E-state index in [-0.39, 0.29) is 6.03 Å². The zero-order valence-corrected chi connectivity index (χ0v) is 20.4. The fourth-order valence-electron chi connectivity index (χ4n) is 3.95. The highest BCUT2D eigenvalue weighted by atomic mass is 79.9. The number of nitrogens with zero attached hydrogens (tertiary/aromatic N) is 2. The Bertz CT molecular complexity index is 1130. The molecule has 0 bridgehead atoms. The summed E-state index contributed by atoms with van der Waals surface area (Å²) in [6.45, 7) is 0.971. The molecule has 0 aliphatic carbocycles. The number of anilines is 1. The average molecular weight is 512 g/mol. The third-order valence-corrected chi connectivity index (χ3v) is 6.12. The number of nitrogens with one attached hydrogen (secondary N) is 1. The van der Waals surface area contributed by atoms with E-state index in [1.165, 1.54) is 0 Å². The third-order valence-electron chi connectivity index (χ3n) is 5.59. The van der Waals surface area contributed by atoms with Gasteiger partial charge in [0.15, 0.2) is 11.5 Å². The van der Waals surface area contributed by atoms with Crippen molar-refractivity contribution in [3.63, 3.8) is 0 Å². The number of benzene rings is 2. The van der Waals surface area contributed by atoms with Gasteiger partial charge in [-0.3, -0.25) is 9.88 Å². The first-order valence-electron chi connectivity index (χ1n) is 10.6. The SMILES string of the molecule is COc1cc(CNC(=O)N2CCCc3nc(-c4ccc(Br)cc4)ccc32)cc(OC)c1OC. The quantitative estimate of drug-likeness (QED) is 0.492. The number of ether oxygens (including phenoxy) is 3. The second-order valence-electron chi connectivity index (χ2n) is 7.62. The lowest BCUT2D eigenvalue weighted by molar-refractivity contribution is 0.245. The number of amides is 2. The molecule has 4 rings (SSSR count). The molecule has 3 aromatic rings. The predicted molar refractivity (Wildman–Crippen MR) is 131 cm³/mol. The highest BCUT2D eigenvalue weighted by Crippen LogP contribution is 2.38. The zero-order chi connectivity index (χ0) is 23.4. The topological polar surface area (TPSA) is 72.9 Å². The smallest absolute Gasteiger partial charge is 0.322 e. The number of aromatic nitrogens is 1. The maximum atomic E-state index is 13.1.